The second kappa shape index (κ2) is 5.97. The number of amides is 1. The Morgan fingerprint density at radius 3 is 2.95 bits per heavy atom. The average molecular weight is 285 g/mol. The molecule has 0 radical (unpaired) electrons. The first-order valence-corrected chi connectivity index (χ1v) is 7.18. The molecule has 2 rings (SSSR count). The maximum Gasteiger partial charge on any atom is 0.270 e. The molecule has 4 nitrogen and oxygen atoms in total. The van der Waals surface area contributed by atoms with Gasteiger partial charge in [0, 0.05) is 31.9 Å². The molecule has 5 heteroatoms. The minimum Gasteiger partial charge on any atom is -0.396 e. The maximum absolute atomic E-state index is 12.6. The van der Waals surface area contributed by atoms with Crippen LogP contribution in [0.15, 0.2) is 12.3 Å². The van der Waals surface area contributed by atoms with E-state index in [4.69, 9.17) is 11.6 Å². The van der Waals surface area contributed by atoms with Crippen molar-refractivity contribution in [2.24, 2.45) is 5.92 Å². The second-order valence-electron chi connectivity index (χ2n) is 5.49. The molecular formula is C14H21ClN2O2. The summed E-state index contributed by atoms with van der Waals surface area (Å²) in [5.41, 5.74) is 0.638. The van der Waals surface area contributed by atoms with Crippen molar-refractivity contribution in [3.63, 3.8) is 0 Å². The molecule has 1 atom stereocenters. The first kappa shape index (κ1) is 14.4. The molecule has 1 aromatic rings. The van der Waals surface area contributed by atoms with E-state index in [-0.39, 0.29) is 24.5 Å². The normalized spacial score (nSPS) is 20.1. The van der Waals surface area contributed by atoms with E-state index in [1.807, 2.05) is 23.3 Å². The lowest BCUT2D eigenvalue weighted by Crippen LogP contribution is -2.41. The molecule has 1 amide bonds. The molecule has 1 aromatic heterocycles. The predicted octanol–water partition coefficient (Wildman–Crippen LogP) is 2.57. The summed E-state index contributed by atoms with van der Waals surface area (Å²) in [5, 5.41) is 9.83. The van der Waals surface area contributed by atoms with E-state index >= 15 is 0 Å². The monoisotopic (exact) mass is 284 g/mol. The van der Waals surface area contributed by atoms with E-state index in [0.717, 1.165) is 19.4 Å². The van der Waals surface area contributed by atoms with Crippen LogP contribution >= 0.6 is 11.6 Å². The molecular weight excluding hydrogens is 264 g/mol. The third kappa shape index (κ3) is 3.12. The molecule has 19 heavy (non-hydrogen) atoms. The second-order valence-corrected chi connectivity index (χ2v) is 5.92. The van der Waals surface area contributed by atoms with Crippen molar-refractivity contribution in [2.75, 3.05) is 19.7 Å². The fraction of sp³-hybridized carbons (Fsp3) is 0.643. The average Bonchev–Trinajstić information content (AvgIpc) is 2.80. The molecule has 2 heterocycles. The van der Waals surface area contributed by atoms with Crippen molar-refractivity contribution in [3.05, 3.63) is 23.0 Å². The van der Waals surface area contributed by atoms with Crippen molar-refractivity contribution in [1.82, 2.24) is 9.47 Å². The van der Waals surface area contributed by atoms with Gasteiger partial charge in [-0.2, -0.15) is 0 Å². The molecule has 1 aliphatic heterocycles. The molecule has 0 saturated carbocycles. The standard InChI is InChI=1S/C14H21ClN2O2/c1-10(2)17-8-12(15)6-13(17)14(19)16-5-3-4-11(7-16)9-18/h6,8,10-11,18H,3-5,7,9H2,1-2H3. The SMILES string of the molecule is CC(C)n1cc(Cl)cc1C(=O)N1CCCC(CO)C1. The van der Waals surface area contributed by atoms with Crippen molar-refractivity contribution in [2.45, 2.75) is 32.7 Å². The number of halogens is 1. The third-order valence-corrected chi connectivity index (χ3v) is 3.86. The quantitative estimate of drug-likeness (QED) is 0.927. The lowest BCUT2D eigenvalue weighted by Gasteiger charge is -2.32. The molecule has 1 N–H and O–H groups in total. The van der Waals surface area contributed by atoms with E-state index in [1.54, 1.807) is 12.3 Å². The highest BCUT2D eigenvalue weighted by atomic mass is 35.5. The highest BCUT2D eigenvalue weighted by Gasteiger charge is 2.26. The van der Waals surface area contributed by atoms with Gasteiger partial charge in [-0.3, -0.25) is 4.79 Å². The fourth-order valence-corrected chi connectivity index (χ4v) is 2.81. The topological polar surface area (TPSA) is 45.5 Å². The number of aliphatic hydroxyl groups is 1. The van der Waals surface area contributed by atoms with E-state index in [2.05, 4.69) is 0 Å². The molecule has 1 aliphatic rings. The summed E-state index contributed by atoms with van der Waals surface area (Å²) in [5.74, 6) is 0.217. The van der Waals surface area contributed by atoms with Crippen molar-refractivity contribution in [3.8, 4) is 0 Å². The number of aliphatic hydroxyl groups excluding tert-OH is 1. The number of aromatic nitrogens is 1. The Bertz CT molecular complexity index is 456. The van der Waals surface area contributed by atoms with E-state index in [0.29, 0.717) is 17.3 Å². The van der Waals surface area contributed by atoms with E-state index in [1.165, 1.54) is 0 Å². The highest BCUT2D eigenvalue weighted by molar-refractivity contribution is 6.31. The third-order valence-electron chi connectivity index (χ3n) is 3.66. The zero-order valence-corrected chi connectivity index (χ0v) is 12.2. The van der Waals surface area contributed by atoms with Crippen LogP contribution in [0.5, 0.6) is 0 Å². The van der Waals surface area contributed by atoms with Gasteiger partial charge in [-0.05, 0) is 38.7 Å². The molecule has 0 bridgehead atoms. The number of hydrogen-bond acceptors (Lipinski definition) is 2. The van der Waals surface area contributed by atoms with Crippen LogP contribution in [0, 0.1) is 5.92 Å². The van der Waals surface area contributed by atoms with E-state index < -0.39 is 0 Å². The van der Waals surface area contributed by atoms with Gasteiger partial charge in [-0.15, -0.1) is 0 Å². The number of piperidine rings is 1. The van der Waals surface area contributed by atoms with E-state index in [9.17, 15) is 9.90 Å². The maximum atomic E-state index is 12.6. The van der Waals surface area contributed by atoms with Crippen LogP contribution in [0.25, 0.3) is 0 Å². The Kier molecular flexibility index (Phi) is 4.53. The number of hydrogen-bond donors (Lipinski definition) is 1. The smallest absolute Gasteiger partial charge is 0.270 e. The molecule has 0 spiro atoms. The first-order valence-electron chi connectivity index (χ1n) is 6.80. The summed E-state index contributed by atoms with van der Waals surface area (Å²) in [6.45, 7) is 5.60. The number of carbonyl (C=O) groups is 1. The van der Waals surface area contributed by atoms with Crippen molar-refractivity contribution in [1.29, 1.82) is 0 Å². The number of rotatable bonds is 3. The summed E-state index contributed by atoms with van der Waals surface area (Å²) < 4.78 is 1.91. The molecule has 0 aliphatic carbocycles. The van der Waals surface area contributed by atoms with Crippen LogP contribution in [-0.4, -0.2) is 40.2 Å². The zero-order valence-electron chi connectivity index (χ0n) is 11.5. The Morgan fingerprint density at radius 1 is 1.58 bits per heavy atom. The number of likely N-dealkylation sites (tertiary alicyclic amines) is 1. The van der Waals surface area contributed by atoms with Gasteiger partial charge in [0.2, 0.25) is 0 Å². The largest absolute Gasteiger partial charge is 0.396 e. The lowest BCUT2D eigenvalue weighted by molar-refractivity contribution is 0.0608. The Hall–Kier alpha value is -1.00. The minimum absolute atomic E-state index is 0.0127. The number of nitrogens with zero attached hydrogens (tertiary/aromatic N) is 2. The van der Waals surface area contributed by atoms with Gasteiger partial charge >= 0.3 is 0 Å². The Labute approximate surface area is 119 Å². The van der Waals surface area contributed by atoms with Crippen LogP contribution in [0.2, 0.25) is 5.02 Å². The first-order chi connectivity index (χ1) is 9.02. The fourth-order valence-electron chi connectivity index (χ4n) is 2.60. The molecule has 1 saturated heterocycles. The van der Waals surface area contributed by atoms with Gasteiger partial charge in [0.15, 0.2) is 0 Å². The molecule has 1 unspecified atom stereocenters. The van der Waals surface area contributed by atoms with Crippen molar-refractivity contribution >= 4 is 17.5 Å². The van der Waals surface area contributed by atoms with Crippen LogP contribution < -0.4 is 0 Å². The Morgan fingerprint density at radius 2 is 2.32 bits per heavy atom. The van der Waals surface area contributed by atoms with Gasteiger partial charge in [-0.25, -0.2) is 0 Å². The lowest BCUT2D eigenvalue weighted by atomic mass is 9.99. The summed E-state index contributed by atoms with van der Waals surface area (Å²) in [7, 11) is 0. The summed E-state index contributed by atoms with van der Waals surface area (Å²) in [4.78, 5) is 14.4. The summed E-state index contributed by atoms with van der Waals surface area (Å²) in [6.07, 6.45) is 3.74. The van der Waals surface area contributed by atoms with Gasteiger partial charge < -0.3 is 14.6 Å². The molecule has 0 aromatic carbocycles. The van der Waals surface area contributed by atoms with Crippen LogP contribution in [0.1, 0.15) is 43.2 Å². The molecule has 1 fully saturated rings. The highest BCUT2D eigenvalue weighted by Crippen LogP contribution is 2.23. The van der Waals surface area contributed by atoms with Gasteiger partial charge in [-0.1, -0.05) is 11.6 Å². The minimum atomic E-state index is 0.0127. The summed E-state index contributed by atoms with van der Waals surface area (Å²) in [6, 6.07) is 1.93. The molecule has 106 valence electrons. The van der Waals surface area contributed by atoms with Crippen LogP contribution in [0.3, 0.4) is 0 Å². The summed E-state index contributed by atoms with van der Waals surface area (Å²) >= 11 is 6.02. The predicted molar refractivity (Wildman–Crippen MR) is 75.5 cm³/mol. The number of carbonyl (C=O) groups excluding carboxylic acids is 1. The zero-order chi connectivity index (χ0) is 14.0. The van der Waals surface area contributed by atoms with Gasteiger partial charge in [0.05, 0.1) is 5.02 Å². The van der Waals surface area contributed by atoms with Crippen molar-refractivity contribution < 1.29 is 9.90 Å². The Balaban J connectivity index is 2.19. The van der Waals surface area contributed by atoms with Crippen LogP contribution in [0.4, 0.5) is 0 Å². The van der Waals surface area contributed by atoms with Crippen LogP contribution in [-0.2, 0) is 0 Å². The van der Waals surface area contributed by atoms with Gasteiger partial charge in [0.1, 0.15) is 5.69 Å². The van der Waals surface area contributed by atoms with Gasteiger partial charge in [0.25, 0.3) is 5.91 Å².